The molecular formula is C27H31N4O+. The summed E-state index contributed by atoms with van der Waals surface area (Å²) in [5, 5.41) is 4.48. The normalized spacial score (nSPS) is 15.1. The van der Waals surface area contributed by atoms with Gasteiger partial charge in [0.15, 0.2) is 0 Å². The van der Waals surface area contributed by atoms with Crippen molar-refractivity contribution < 1.29 is 9.28 Å². The summed E-state index contributed by atoms with van der Waals surface area (Å²) in [5.74, 6) is 0.0341. The third-order valence-corrected chi connectivity index (χ3v) is 6.17. The molecule has 1 aliphatic rings. The number of carbonyl (C=O) groups excluding carboxylic acids is 1. The molecule has 4 rings (SSSR count). The predicted molar refractivity (Wildman–Crippen MR) is 128 cm³/mol. The lowest BCUT2D eigenvalue weighted by molar-refractivity contribution is -0.804. The fourth-order valence-electron chi connectivity index (χ4n) is 4.15. The highest BCUT2D eigenvalue weighted by molar-refractivity contribution is 5.94. The Kier molecular flexibility index (Phi) is 6.37. The standard InChI is InChI=1S/C27H31N4O/c1-22-14-16-30(28-22)26-13-9-12-24(21-26)27(32)29(2)25(20-23-10-5-4-6-11-23)15-19-31(3)17-7-8-18-31/h4-14,16-18,21,25H,15,19-20H2,1-3H3/q+1. The second-order valence-electron chi connectivity index (χ2n) is 8.75. The summed E-state index contributed by atoms with van der Waals surface area (Å²) in [6.07, 6.45) is 12.2. The number of nitrogens with zero attached hydrogens (tertiary/aromatic N) is 4. The number of benzene rings is 2. The van der Waals surface area contributed by atoms with E-state index in [0.29, 0.717) is 5.56 Å². The second-order valence-corrected chi connectivity index (χ2v) is 8.75. The monoisotopic (exact) mass is 427 g/mol. The maximum Gasteiger partial charge on any atom is 0.253 e. The zero-order valence-corrected chi connectivity index (χ0v) is 19.1. The molecule has 0 radical (unpaired) electrons. The zero-order valence-electron chi connectivity index (χ0n) is 19.1. The van der Waals surface area contributed by atoms with Crippen LogP contribution in [-0.2, 0) is 6.42 Å². The van der Waals surface area contributed by atoms with Gasteiger partial charge in [-0.2, -0.15) is 5.10 Å². The summed E-state index contributed by atoms with van der Waals surface area (Å²) >= 11 is 0. The lowest BCUT2D eigenvalue weighted by Crippen LogP contribution is -2.42. The van der Waals surface area contributed by atoms with E-state index in [0.717, 1.165) is 35.3 Å². The molecule has 0 spiro atoms. The summed E-state index contributed by atoms with van der Waals surface area (Å²) in [6.45, 7) is 2.90. The largest absolute Gasteiger partial charge is 0.338 e. The first-order chi connectivity index (χ1) is 15.4. The van der Waals surface area contributed by atoms with Gasteiger partial charge in [0, 0.05) is 31.3 Å². The van der Waals surface area contributed by atoms with Crippen molar-refractivity contribution in [2.45, 2.75) is 25.8 Å². The van der Waals surface area contributed by atoms with E-state index in [4.69, 9.17) is 0 Å². The fraction of sp³-hybridized carbons (Fsp3) is 0.259. The molecule has 2 heterocycles. The molecular weight excluding hydrogens is 396 g/mol. The molecule has 0 fully saturated rings. The number of amides is 1. The van der Waals surface area contributed by atoms with Crippen molar-refractivity contribution in [2.24, 2.45) is 0 Å². The van der Waals surface area contributed by atoms with Crippen molar-refractivity contribution in [2.75, 3.05) is 20.6 Å². The number of hydrogen-bond donors (Lipinski definition) is 0. The van der Waals surface area contributed by atoms with Crippen molar-refractivity contribution >= 4 is 5.91 Å². The predicted octanol–water partition coefficient (Wildman–Crippen LogP) is 4.74. The first-order valence-electron chi connectivity index (χ1n) is 11.1. The molecule has 1 atom stereocenters. The van der Waals surface area contributed by atoms with E-state index >= 15 is 0 Å². The van der Waals surface area contributed by atoms with Crippen LogP contribution >= 0.6 is 0 Å². The zero-order chi connectivity index (χ0) is 22.6. The minimum absolute atomic E-state index is 0.0341. The molecule has 0 saturated heterocycles. The Labute approximate surface area is 190 Å². The summed E-state index contributed by atoms with van der Waals surface area (Å²) in [4.78, 5) is 15.4. The number of allylic oxidation sites excluding steroid dienone is 2. The van der Waals surface area contributed by atoms with Gasteiger partial charge in [0.05, 0.1) is 25.0 Å². The van der Waals surface area contributed by atoms with Crippen LogP contribution in [0.2, 0.25) is 0 Å². The Morgan fingerprint density at radius 2 is 1.81 bits per heavy atom. The number of hydrogen-bond acceptors (Lipinski definition) is 2. The van der Waals surface area contributed by atoms with E-state index in [1.807, 2.05) is 66.1 Å². The van der Waals surface area contributed by atoms with Crippen molar-refractivity contribution in [3.05, 3.63) is 108 Å². The molecule has 1 amide bonds. The van der Waals surface area contributed by atoms with E-state index in [9.17, 15) is 4.79 Å². The summed E-state index contributed by atoms with van der Waals surface area (Å²) < 4.78 is 2.58. The smallest absolute Gasteiger partial charge is 0.253 e. The molecule has 1 aliphatic heterocycles. The highest BCUT2D eigenvalue weighted by atomic mass is 16.2. The number of aromatic nitrogens is 2. The Hall–Kier alpha value is -3.44. The third kappa shape index (κ3) is 5.06. The maximum absolute atomic E-state index is 13.5. The van der Waals surface area contributed by atoms with E-state index in [2.05, 4.69) is 61.0 Å². The molecule has 164 valence electrons. The Balaban J connectivity index is 1.55. The van der Waals surface area contributed by atoms with Crippen LogP contribution in [-0.4, -0.2) is 51.8 Å². The van der Waals surface area contributed by atoms with Crippen molar-refractivity contribution in [1.29, 1.82) is 0 Å². The van der Waals surface area contributed by atoms with Crippen LogP contribution in [0.3, 0.4) is 0 Å². The van der Waals surface area contributed by atoms with Crippen LogP contribution < -0.4 is 0 Å². The van der Waals surface area contributed by atoms with Gasteiger partial charge in [0.2, 0.25) is 0 Å². The maximum atomic E-state index is 13.5. The number of rotatable bonds is 8. The topological polar surface area (TPSA) is 38.1 Å². The van der Waals surface area contributed by atoms with Crippen LogP contribution in [0.15, 0.2) is 91.4 Å². The summed E-state index contributed by atoms with van der Waals surface area (Å²) in [7, 11) is 4.12. The molecule has 0 saturated carbocycles. The molecule has 5 nitrogen and oxygen atoms in total. The minimum atomic E-state index is 0.0341. The number of carbonyl (C=O) groups is 1. The first-order valence-corrected chi connectivity index (χ1v) is 11.1. The van der Waals surface area contributed by atoms with Crippen LogP contribution in [0, 0.1) is 6.92 Å². The Morgan fingerprint density at radius 1 is 1.06 bits per heavy atom. The van der Waals surface area contributed by atoms with Gasteiger partial charge in [-0.3, -0.25) is 9.28 Å². The molecule has 0 bridgehead atoms. The van der Waals surface area contributed by atoms with Crippen molar-refractivity contribution in [3.8, 4) is 5.69 Å². The molecule has 1 unspecified atom stereocenters. The SMILES string of the molecule is Cc1ccn(-c2cccc(C(=O)N(C)C(CC[N+]3(C)C=CC=C3)Cc3ccccc3)c2)n1. The van der Waals surface area contributed by atoms with Crippen LogP contribution in [0.25, 0.3) is 5.69 Å². The molecule has 2 aromatic carbocycles. The van der Waals surface area contributed by atoms with Gasteiger partial charge in [0.25, 0.3) is 5.91 Å². The average molecular weight is 428 g/mol. The fourth-order valence-corrected chi connectivity index (χ4v) is 4.15. The van der Waals surface area contributed by atoms with Crippen LogP contribution in [0.5, 0.6) is 0 Å². The van der Waals surface area contributed by atoms with Gasteiger partial charge < -0.3 is 4.90 Å². The molecule has 1 aromatic heterocycles. The number of quaternary nitrogens is 1. The number of aryl methyl sites for hydroxylation is 1. The summed E-state index contributed by atoms with van der Waals surface area (Å²) in [5.41, 5.74) is 3.76. The van der Waals surface area contributed by atoms with Crippen LogP contribution in [0.4, 0.5) is 0 Å². The van der Waals surface area contributed by atoms with Gasteiger partial charge in [-0.25, -0.2) is 4.68 Å². The van der Waals surface area contributed by atoms with Crippen molar-refractivity contribution in [1.82, 2.24) is 14.7 Å². The lowest BCUT2D eigenvalue weighted by Gasteiger charge is -2.32. The number of likely N-dealkylation sites (N-methyl/N-ethyl adjacent to an activating group) is 1. The highest BCUT2D eigenvalue weighted by Crippen LogP contribution is 2.20. The van der Waals surface area contributed by atoms with Gasteiger partial charge in [0.1, 0.15) is 12.4 Å². The first kappa shape index (κ1) is 21.8. The van der Waals surface area contributed by atoms with Gasteiger partial charge in [-0.15, -0.1) is 0 Å². The highest BCUT2D eigenvalue weighted by Gasteiger charge is 2.26. The van der Waals surface area contributed by atoms with Crippen LogP contribution in [0.1, 0.15) is 28.0 Å². The van der Waals surface area contributed by atoms with Gasteiger partial charge >= 0.3 is 0 Å². The van der Waals surface area contributed by atoms with E-state index in [-0.39, 0.29) is 11.9 Å². The molecule has 32 heavy (non-hydrogen) atoms. The molecule has 0 aliphatic carbocycles. The summed E-state index contributed by atoms with van der Waals surface area (Å²) in [6, 6.07) is 20.2. The van der Waals surface area contributed by atoms with E-state index in [1.165, 1.54) is 5.56 Å². The lowest BCUT2D eigenvalue weighted by atomic mass is 10.0. The van der Waals surface area contributed by atoms with Crippen molar-refractivity contribution in [3.63, 3.8) is 0 Å². The van der Waals surface area contributed by atoms with E-state index in [1.54, 1.807) is 0 Å². The Bertz CT molecular complexity index is 1120. The Morgan fingerprint density at radius 3 is 2.50 bits per heavy atom. The molecule has 5 heteroatoms. The van der Waals surface area contributed by atoms with E-state index < -0.39 is 0 Å². The third-order valence-electron chi connectivity index (χ3n) is 6.17. The quantitative estimate of drug-likeness (QED) is 0.487. The average Bonchev–Trinajstić information content (AvgIpc) is 3.45. The van der Waals surface area contributed by atoms with Gasteiger partial charge in [-0.05, 0) is 55.3 Å². The molecule has 0 N–H and O–H groups in total. The minimum Gasteiger partial charge on any atom is -0.338 e. The second kappa shape index (κ2) is 9.37. The van der Waals surface area contributed by atoms with Gasteiger partial charge in [-0.1, -0.05) is 36.4 Å². The molecule has 3 aromatic rings.